The lowest BCUT2D eigenvalue weighted by Crippen LogP contribution is -2.55. The molecule has 1 saturated carbocycles. The second kappa shape index (κ2) is 6.43. The summed E-state index contributed by atoms with van der Waals surface area (Å²) in [5, 5.41) is 23.9. The van der Waals surface area contributed by atoms with Crippen molar-refractivity contribution in [3.05, 3.63) is 35.9 Å². The van der Waals surface area contributed by atoms with Gasteiger partial charge in [-0.2, -0.15) is 0 Å². The number of carbonyl (C=O) groups excluding carboxylic acids is 3. The predicted octanol–water partition coefficient (Wildman–Crippen LogP) is -3.08. The summed E-state index contributed by atoms with van der Waals surface area (Å²) in [5.74, 6) is -3.03. The zero-order valence-electron chi connectivity index (χ0n) is 13.3. The number of carboxylic acids is 1. The molecule has 0 aromatic heterocycles. The van der Waals surface area contributed by atoms with Crippen LogP contribution in [0.1, 0.15) is 11.6 Å². The fourth-order valence-electron chi connectivity index (χ4n) is 3.35. The van der Waals surface area contributed by atoms with Gasteiger partial charge in [0.05, 0.1) is 19.3 Å². The summed E-state index contributed by atoms with van der Waals surface area (Å²) in [4.78, 5) is 33.2. The quantitative estimate of drug-likeness (QED) is 0.424. The van der Waals surface area contributed by atoms with E-state index in [2.05, 4.69) is 16.4 Å². The molecule has 5 atom stereocenters. The van der Waals surface area contributed by atoms with Gasteiger partial charge in [-0.05, 0) is 0 Å². The van der Waals surface area contributed by atoms with Gasteiger partial charge in [0.15, 0.2) is 5.54 Å². The highest BCUT2D eigenvalue weighted by Crippen LogP contribution is 2.54. The van der Waals surface area contributed by atoms with Crippen molar-refractivity contribution in [3.63, 3.8) is 0 Å². The molecule has 1 aromatic carbocycles. The third-order valence-corrected chi connectivity index (χ3v) is 4.76. The van der Waals surface area contributed by atoms with Gasteiger partial charge < -0.3 is 30.8 Å². The van der Waals surface area contributed by atoms with Gasteiger partial charge in [0.2, 0.25) is 0 Å². The summed E-state index contributed by atoms with van der Waals surface area (Å²) in [7, 11) is 0. The topological polar surface area (TPSA) is 155 Å². The second-order valence-electron chi connectivity index (χ2n) is 6.32. The molecule has 2 aliphatic heterocycles. The number of rotatable bonds is 3. The number of imide groups is 1. The first-order chi connectivity index (χ1) is 11.9. The smallest absolute Gasteiger partial charge is 0.322 e. The van der Waals surface area contributed by atoms with Crippen LogP contribution in [0.5, 0.6) is 0 Å². The lowest BCUT2D eigenvalue weighted by atomic mass is 9.94. The Bertz CT molecular complexity index is 696. The number of quaternary nitrogens is 1. The van der Waals surface area contributed by atoms with Gasteiger partial charge in [-0.15, -0.1) is 0 Å². The number of ether oxygens (including phenoxy) is 1. The van der Waals surface area contributed by atoms with Crippen LogP contribution in [-0.4, -0.2) is 47.9 Å². The number of carbonyl (C=O) groups is 3. The molecule has 0 radical (unpaired) electrons. The van der Waals surface area contributed by atoms with E-state index in [1.807, 2.05) is 30.3 Å². The number of nitrogens with one attached hydrogen (secondary N) is 2. The Morgan fingerprint density at radius 3 is 2.56 bits per heavy atom. The van der Waals surface area contributed by atoms with Gasteiger partial charge in [0.25, 0.3) is 5.91 Å². The van der Waals surface area contributed by atoms with Crippen molar-refractivity contribution in [2.24, 2.45) is 11.8 Å². The zero-order chi connectivity index (χ0) is 18.2. The highest BCUT2D eigenvalue weighted by Gasteiger charge is 2.73. The van der Waals surface area contributed by atoms with Gasteiger partial charge in [-0.3, -0.25) is 10.1 Å². The van der Waals surface area contributed by atoms with Gasteiger partial charge in [0, 0.05) is 23.4 Å². The Morgan fingerprint density at radius 2 is 2.08 bits per heavy atom. The molecular formula is C16H19N3O6. The number of hydrogen-bond donors (Lipinski definition) is 4. The van der Waals surface area contributed by atoms with Crippen LogP contribution in [0.4, 0.5) is 4.79 Å². The number of benzene rings is 1. The third-order valence-electron chi connectivity index (χ3n) is 4.76. The zero-order valence-corrected chi connectivity index (χ0v) is 13.3. The molecule has 3 fully saturated rings. The van der Waals surface area contributed by atoms with E-state index in [0.717, 1.165) is 5.56 Å². The van der Waals surface area contributed by atoms with Crippen molar-refractivity contribution in [1.82, 2.24) is 10.6 Å². The van der Waals surface area contributed by atoms with Gasteiger partial charge in [-0.25, -0.2) is 4.79 Å². The lowest BCUT2D eigenvalue weighted by molar-refractivity contribution is -0.432. The average molecular weight is 349 g/mol. The molecule has 134 valence electrons. The van der Waals surface area contributed by atoms with Crippen LogP contribution in [0, 0.1) is 11.8 Å². The molecule has 0 unspecified atom stereocenters. The Balaban J connectivity index is 0.000000160. The van der Waals surface area contributed by atoms with Crippen molar-refractivity contribution in [1.29, 1.82) is 0 Å². The fraction of sp³-hybridized carbons (Fsp3) is 0.438. The van der Waals surface area contributed by atoms with Crippen LogP contribution >= 0.6 is 0 Å². The average Bonchev–Trinajstić information content (AvgIpc) is 3.14. The molecule has 9 heteroatoms. The Morgan fingerprint density at radius 1 is 1.40 bits per heavy atom. The first-order valence-electron chi connectivity index (χ1n) is 7.85. The molecule has 9 nitrogen and oxygen atoms in total. The largest absolute Gasteiger partial charge is 0.550 e. The molecule has 2 heterocycles. The molecule has 1 aliphatic carbocycles. The van der Waals surface area contributed by atoms with Crippen molar-refractivity contribution >= 4 is 17.9 Å². The summed E-state index contributed by atoms with van der Waals surface area (Å²) >= 11 is 0. The van der Waals surface area contributed by atoms with Crippen LogP contribution in [0.15, 0.2) is 30.3 Å². The maximum Gasteiger partial charge on any atom is 0.322 e. The minimum atomic E-state index is -1.24. The molecule has 4 rings (SSSR count). The van der Waals surface area contributed by atoms with Crippen LogP contribution in [0.3, 0.4) is 0 Å². The third kappa shape index (κ3) is 2.97. The first-order valence-corrected chi connectivity index (χ1v) is 7.85. The van der Waals surface area contributed by atoms with Crippen LogP contribution in [0.2, 0.25) is 0 Å². The summed E-state index contributed by atoms with van der Waals surface area (Å²) < 4.78 is 5.16. The van der Waals surface area contributed by atoms with E-state index >= 15 is 0 Å². The van der Waals surface area contributed by atoms with E-state index in [4.69, 9.17) is 9.84 Å². The number of urea groups is 1. The second-order valence-corrected chi connectivity index (χ2v) is 6.32. The van der Waals surface area contributed by atoms with Crippen molar-refractivity contribution in [2.45, 2.75) is 17.7 Å². The number of amides is 3. The standard InChI is InChI=1S/C8H8N2O5.C8H11NO/c11-5(12)2-3-4(2)15-1-8(3)6(13)9-7(14)10-8;9-8(6-10)7-4-2-1-3-5-7/h2-4H,1H2,(H,11,12)(H2,9,10,13,14);1-5,8,10H,6,9H2/t2-,3-,4+,8+;8-/m11/s1. The molecule has 2 saturated heterocycles. The maximum atomic E-state index is 11.5. The van der Waals surface area contributed by atoms with Crippen LogP contribution in [-0.2, 0) is 14.3 Å². The number of aliphatic hydroxyl groups is 1. The number of carboxylic acid groups (broad SMARTS) is 1. The van der Waals surface area contributed by atoms with E-state index < -0.39 is 41.4 Å². The van der Waals surface area contributed by atoms with E-state index in [1.165, 1.54) is 0 Å². The van der Waals surface area contributed by atoms with Crippen LogP contribution in [0.25, 0.3) is 0 Å². The number of aliphatic carboxylic acids is 1. The summed E-state index contributed by atoms with van der Waals surface area (Å²) in [6.45, 7) is 0.147. The molecule has 0 bridgehead atoms. The Hall–Kier alpha value is -2.49. The van der Waals surface area contributed by atoms with Crippen molar-refractivity contribution < 1.29 is 35.1 Å². The van der Waals surface area contributed by atoms with Crippen molar-refractivity contribution in [2.75, 3.05) is 13.2 Å². The van der Waals surface area contributed by atoms with E-state index in [0.29, 0.717) is 0 Å². The van der Waals surface area contributed by atoms with Gasteiger partial charge in [0.1, 0.15) is 6.04 Å². The summed E-state index contributed by atoms with van der Waals surface area (Å²) in [6.07, 6.45) is -0.501. The van der Waals surface area contributed by atoms with Gasteiger partial charge >= 0.3 is 6.03 Å². The normalized spacial score (nSPS) is 33.0. The molecule has 1 spiro atoms. The molecule has 3 amide bonds. The van der Waals surface area contributed by atoms with E-state index in [-0.39, 0.29) is 19.3 Å². The highest BCUT2D eigenvalue weighted by atomic mass is 16.5. The monoisotopic (exact) mass is 349 g/mol. The summed E-state index contributed by atoms with van der Waals surface area (Å²) in [6, 6.07) is 9.19. The van der Waals surface area contributed by atoms with E-state index in [9.17, 15) is 19.5 Å². The molecule has 25 heavy (non-hydrogen) atoms. The number of hydrogen-bond acceptors (Lipinski definition) is 6. The molecule has 6 N–H and O–H groups in total. The number of aliphatic hydroxyl groups excluding tert-OH is 1. The molecular weight excluding hydrogens is 330 g/mol. The minimum absolute atomic E-state index is 0.0150. The maximum absolute atomic E-state index is 11.5. The predicted molar refractivity (Wildman–Crippen MR) is 80.3 cm³/mol. The fourth-order valence-corrected chi connectivity index (χ4v) is 3.35. The first kappa shape index (κ1) is 17.3. The molecule has 1 aromatic rings. The van der Waals surface area contributed by atoms with E-state index in [1.54, 1.807) is 0 Å². The summed E-state index contributed by atoms with van der Waals surface area (Å²) in [5.41, 5.74) is 3.68. The SMILES string of the molecule is O=C1NC(=O)[C@@]2(CO[C@H]3[C@H](C(=O)[O-])[C@H]32)N1.[NH3+][C@H](CO)c1ccccc1. The Labute approximate surface area is 143 Å². The van der Waals surface area contributed by atoms with Crippen molar-refractivity contribution in [3.8, 4) is 0 Å². The van der Waals surface area contributed by atoms with Gasteiger partial charge in [-0.1, -0.05) is 30.3 Å². The highest BCUT2D eigenvalue weighted by molar-refractivity contribution is 6.08. The lowest BCUT2D eigenvalue weighted by Gasteiger charge is -2.22. The molecule has 3 aliphatic rings. The minimum Gasteiger partial charge on any atom is -0.550 e. The number of fused-ring (bicyclic) bond motifs is 2. The Kier molecular flexibility index (Phi) is 4.46. The van der Waals surface area contributed by atoms with Crippen LogP contribution < -0.4 is 21.5 Å².